The van der Waals surface area contributed by atoms with Crippen LogP contribution in [0.15, 0.2) is 29.7 Å². The van der Waals surface area contributed by atoms with Gasteiger partial charge in [-0.1, -0.05) is 23.9 Å². The number of aromatic amines is 1. The predicted octanol–water partition coefficient (Wildman–Crippen LogP) is 2.08. The van der Waals surface area contributed by atoms with E-state index in [1.807, 2.05) is 13.1 Å². The Bertz CT molecular complexity index is 203. The van der Waals surface area contributed by atoms with E-state index in [0.717, 1.165) is 10.9 Å². The standard InChI is InChI=1S/C7H10N2S/c1-6(2)5-10-7-8-3-4-9-7/h3-4H,1,5H2,2H3,(H,8,9). The third-order valence-corrected chi connectivity index (χ3v) is 2.06. The summed E-state index contributed by atoms with van der Waals surface area (Å²) < 4.78 is 0. The van der Waals surface area contributed by atoms with Gasteiger partial charge in [-0.3, -0.25) is 0 Å². The molecule has 0 unspecified atom stereocenters. The fourth-order valence-corrected chi connectivity index (χ4v) is 1.19. The van der Waals surface area contributed by atoms with Gasteiger partial charge in [-0.05, 0) is 6.92 Å². The van der Waals surface area contributed by atoms with Crippen molar-refractivity contribution in [2.75, 3.05) is 5.75 Å². The molecule has 0 aliphatic heterocycles. The van der Waals surface area contributed by atoms with Crippen molar-refractivity contribution in [1.82, 2.24) is 9.97 Å². The van der Waals surface area contributed by atoms with Crippen LogP contribution in [0.4, 0.5) is 0 Å². The lowest BCUT2D eigenvalue weighted by atomic mass is 10.4. The molecule has 0 bridgehead atoms. The third kappa shape index (κ3) is 2.27. The van der Waals surface area contributed by atoms with E-state index in [1.54, 1.807) is 18.0 Å². The van der Waals surface area contributed by atoms with Crippen LogP contribution in [-0.4, -0.2) is 15.7 Å². The van der Waals surface area contributed by atoms with Crippen LogP contribution in [0.2, 0.25) is 0 Å². The zero-order valence-corrected chi connectivity index (χ0v) is 6.74. The molecule has 0 amide bonds. The molecule has 0 radical (unpaired) electrons. The van der Waals surface area contributed by atoms with E-state index in [-0.39, 0.29) is 0 Å². The number of hydrogen-bond donors (Lipinski definition) is 1. The van der Waals surface area contributed by atoms with Crippen molar-refractivity contribution in [3.8, 4) is 0 Å². The molecule has 0 aromatic carbocycles. The maximum Gasteiger partial charge on any atom is 0.165 e. The predicted molar refractivity (Wildman–Crippen MR) is 44.1 cm³/mol. The SMILES string of the molecule is C=C(C)CSc1ncc[nH]1. The number of nitrogens with one attached hydrogen (secondary N) is 1. The molecule has 54 valence electrons. The van der Waals surface area contributed by atoms with Crippen LogP contribution in [0.5, 0.6) is 0 Å². The minimum Gasteiger partial charge on any atom is -0.340 e. The molecule has 0 spiro atoms. The summed E-state index contributed by atoms with van der Waals surface area (Å²) in [5.74, 6) is 0.938. The van der Waals surface area contributed by atoms with Crippen molar-refractivity contribution >= 4 is 11.8 Å². The highest BCUT2D eigenvalue weighted by atomic mass is 32.2. The first-order valence-corrected chi connectivity index (χ1v) is 4.04. The van der Waals surface area contributed by atoms with Crippen molar-refractivity contribution in [3.05, 3.63) is 24.5 Å². The van der Waals surface area contributed by atoms with Gasteiger partial charge in [0.05, 0.1) is 0 Å². The normalized spacial score (nSPS) is 9.70. The smallest absolute Gasteiger partial charge is 0.165 e. The first kappa shape index (κ1) is 7.41. The van der Waals surface area contributed by atoms with Gasteiger partial charge in [-0.15, -0.1) is 0 Å². The molecular weight excluding hydrogens is 144 g/mol. The molecule has 1 aromatic heterocycles. The van der Waals surface area contributed by atoms with Crippen LogP contribution in [0.1, 0.15) is 6.92 Å². The van der Waals surface area contributed by atoms with E-state index in [1.165, 1.54) is 5.57 Å². The van der Waals surface area contributed by atoms with Gasteiger partial charge in [0, 0.05) is 18.1 Å². The highest BCUT2D eigenvalue weighted by Gasteiger charge is 1.93. The molecular formula is C7H10N2S. The zero-order valence-electron chi connectivity index (χ0n) is 5.92. The zero-order chi connectivity index (χ0) is 7.40. The molecule has 1 aromatic rings. The summed E-state index contributed by atoms with van der Waals surface area (Å²) in [5.41, 5.74) is 1.17. The second-order valence-corrected chi connectivity index (χ2v) is 3.10. The summed E-state index contributed by atoms with van der Waals surface area (Å²) >= 11 is 1.67. The van der Waals surface area contributed by atoms with Gasteiger partial charge >= 0.3 is 0 Å². The van der Waals surface area contributed by atoms with Crippen LogP contribution in [-0.2, 0) is 0 Å². The van der Waals surface area contributed by atoms with Crippen molar-refractivity contribution < 1.29 is 0 Å². The molecule has 0 saturated carbocycles. The Morgan fingerprint density at radius 1 is 1.90 bits per heavy atom. The molecule has 0 atom stereocenters. The van der Waals surface area contributed by atoms with Gasteiger partial charge < -0.3 is 4.98 Å². The number of nitrogens with zero attached hydrogens (tertiary/aromatic N) is 1. The molecule has 10 heavy (non-hydrogen) atoms. The molecule has 3 heteroatoms. The lowest BCUT2D eigenvalue weighted by Crippen LogP contribution is -1.80. The minimum atomic E-state index is 0.938. The van der Waals surface area contributed by atoms with Crippen molar-refractivity contribution in [1.29, 1.82) is 0 Å². The van der Waals surface area contributed by atoms with Crippen molar-refractivity contribution in [3.63, 3.8) is 0 Å². The second kappa shape index (κ2) is 3.46. The fraction of sp³-hybridized carbons (Fsp3) is 0.286. The van der Waals surface area contributed by atoms with E-state index in [0.29, 0.717) is 0 Å². The summed E-state index contributed by atoms with van der Waals surface area (Å²) in [4.78, 5) is 7.06. The number of H-pyrrole nitrogens is 1. The topological polar surface area (TPSA) is 28.7 Å². The number of rotatable bonds is 3. The Morgan fingerprint density at radius 3 is 3.20 bits per heavy atom. The van der Waals surface area contributed by atoms with Gasteiger partial charge in [-0.2, -0.15) is 0 Å². The van der Waals surface area contributed by atoms with E-state index < -0.39 is 0 Å². The number of aromatic nitrogens is 2. The van der Waals surface area contributed by atoms with Crippen LogP contribution in [0.25, 0.3) is 0 Å². The summed E-state index contributed by atoms with van der Waals surface area (Å²) in [6, 6.07) is 0. The van der Waals surface area contributed by atoms with Crippen LogP contribution in [0, 0.1) is 0 Å². The van der Waals surface area contributed by atoms with Gasteiger partial charge in [-0.25, -0.2) is 4.98 Å². The fourth-order valence-electron chi connectivity index (χ4n) is 0.521. The quantitative estimate of drug-likeness (QED) is 0.533. The lowest BCUT2D eigenvalue weighted by Gasteiger charge is -1.93. The van der Waals surface area contributed by atoms with E-state index in [4.69, 9.17) is 0 Å². The molecule has 1 heterocycles. The molecule has 0 aliphatic carbocycles. The average molecular weight is 154 g/mol. The molecule has 0 fully saturated rings. The molecule has 1 rings (SSSR count). The first-order chi connectivity index (χ1) is 4.79. The van der Waals surface area contributed by atoms with Crippen molar-refractivity contribution in [2.24, 2.45) is 0 Å². The Hall–Kier alpha value is -0.700. The van der Waals surface area contributed by atoms with Crippen LogP contribution >= 0.6 is 11.8 Å². The maximum absolute atomic E-state index is 4.05. The summed E-state index contributed by atoms with van der Waals surface area (Å²) in [7, 11) is 0. The maximum atomic E-state index is 4.05. The van der Waals surface area contributed by atoms with Gasteiger partial charge in [0.15, 0.2) is 5.16 Å². The van der Waals surface area contributed by atoms with Crippen LogP contribution < -0.4 is 0 Å². The van der Waals surface area contributed by atoms with Gasteiger partial charge in [0.1, 0.15) is 0 Å². The Morgan fingerprint density at radius 2 is 2.70 bits per heavy atom. The van der Waals surface area contributed by atoms with E-state index in [2.05, 4.69) is 16.5 Å². The number of thioether (sulfide) groups is 1. The van der Waals surface area contributed by atoms with E-state index >= 15 is 0 Å². The summed E-state index contributed by atoms with van der Waals surface area (Å²) in [6.45, 7) is 5.80. The summed E-state index contributed by atoms with van der Waals surface area (Å²) in [5, 5.41) is 0.961. The molecule has 1 N–H and O–H groups in total. The highest BCUT2D eigenvalue weighted by Crippen LogP contribution is 2.13. The minimum absolute atomic E-state index is 0.938. The Kier molecular flexibility index (Phi) is 2.57. The van der Waals surface area contributed by atoms with Gasteiger partial charge in [0.2, 0.25) is 0 Å². The summed E-state index contributed by atoms with van der Waals surface area (Å²) in [6.07, 6.45) is 3.57. The third-order valence-electron chi connectivity index (χ3n) is 0.928. The van der Waals surface area contributed by atoms with E-state index in [9.17, 15) is 0 Å². The first-order valence-electron chi connectivity index (χ1n) is 3.05. The second-order valence-electron chi connectivity index (χ2n) is 2.14. The van der Waals surface area contributed by atoms with Gasteiger partial charge in [0.25, 0.3) is 0 Å². The Balaban J connectivity index is 2.35. The lowest BCUT2D eigenvalue weighted by molar-refractivity contribution is 1.06. The van der Waals surface area contributed by atoms with Crippen LogP contribution in [0.3, 0.4) is 0 Å². The monoisotopic (exact) mass is 154 g/mol. The number of imidazole rings is 1. The largest absolute Gasteiger partial charge is 0.340 e. The molecule has 2 nitrogen and oxygen atoms in total. The molecule has 0 aliphatic rings. The average Bonchev–Trinajstić information content (AvgIpc) is 2.34. The Labute approximate surface area is 64.8 Å². The molecule has 0 saturated heterocycles. The highest BCUT2D eigenvalue weighted by molar-refractivity contribution is 7.99. The van der Waals surface area contributed by atoms with Crippen molar-refractivity contribution in [2.45, 2.75) is 12.1 Å². The number of hydrogen-bond acceptors (Lipinski definition) is 2.